The van der Waals surface area contributed by atoms with Crippen LogP contribution in [-0.2, 0) is 0 Å². The molecule has 0 aliphatic heterocycles. The number of amides is 1. The number of carbonyl (C=O) groups is 1. The second-order valence-electron chi connectivity index (χ2n) is 5.97. The number of methoxy groups -OCH3 is 1. The van der Waals surface area contributed by atoms with Gasteiger partial charge in [-0.1, -0.05) is 54.1 Å². The summed E-state index contributed by atoms with van der Waals surface area (Å²) in [6.45, 7) is 0.332. The number of hydrogen-bond donors (Lipinski definition) is 2. The van der Waals surface area contributed by atoms with Crippen molar-refractivity contribution in [3.8, 4) is 5.75 Å². The maximum atomic E-state index is 12.4. The van der Waals surface area contributed by atoms with Gasteiger partial charge in [-0.2, -0.15) is 0 Å². The highest BCUT2D eigenvalue weighted by molar-refractivity contribution is 6.31. The molecule has 1 amide bonds. The molecule has 26 heavy (non-hydrogen) atoms. The quantitative estimate of drug-likeness (QED) is 0.679. The Balaban J connectivity index is 1.66. The van der Waals surface area contributed by atoms with Crippen LogP contribution in [0.25, 0.3) is 10.8 Å². The van der Waals surface area contributed by atoms with Crippen LogP contribution in [0.2, 0.25) is 5.02 Å². The summed E-state index contributed by atoms with van der Waals surface area (Å²) in [7, 11) is 1.50. The molecule has 0 spiro atoms. The first-order valence-electron chi connectivity index (χ1n) is 8.37. The van der Waals surface area contributed by atoms with Gasteiger partial charge in [-0.3, -0.25) is 4.79 Å². The van der Waals surface area contributed by atoms with E-state index in [0.29, 0.717) is 29.3 Å². The van der Waals surface area contributed by atoms with E-state index < -0.39 is 6.10 Å². The molecule has 4 nitrogen and oxygen atoms in total. The predicted octanol–water partition coefficient (Wildman–Crippen LogP) is 4.36. The number of fused-ring (bicyclic) bond motifs is 1. The topological polar surface area (TPSA) is 58.6 Å². The first-order chi connectivity index (χ1) is 12.6. The van der Waals surface area contributed by atoms with Crippen LogP contribution in [0.15, 0.2) is 60.7 Å². The van der Waals surface area contributed by atoms with Crippen LogP contribution in [0.4, 0.5) is 0 Å². The standard InChI is InChI=1S/C21H20ClNO3/c1-26-20-10-9-15(22)13-18(20)21(25)23-12-11-19(24)17-8-4-6-14-5-2-3-7-16(14)17/h2-10,13,19,24H,11-12H2,1H3,(H,23,25). The lowest BCUT2D eigenvalue weighted by Crippen LogP contribution is -2.26. The molecule has 5 heteroatoms. The molecule has 0 aliphatic carbocycles. The van der Waals surface area contributed by atoms with E-state index in [-0.39, 0.29) is 5.91 Å². The summed E-state index contributed by atoms with van der Waals surface area (Å²) in [5, 5.41) is 15.9. The van der Waals surface area contributed by atoms with Crippen molar-refractivity contribution in [3.63, 3.8) is 0 Å². The third-order valence-electron chi connectivity index (χ3n) is 4.29. The van der Waals surface area contributed by atoms with Crippen molar-refractivity contribution in [1.82, 2.24) is 5.32 Å². The molecule has 0 saturated heterocycles. The summed E-state index contributed by atoms with van der Waals surface area (Å²) in [5.41, 5.74) is 1.23. The summed E-state index contributed by atoms with van der Waals surface area (Å²) in [4.78, 5) is 12.4. The maximum Gasteiger partial charge on any atom is 0.255 e. The molecule has 0 aliphatic rings. The molecule has 0 saturated carbocycles. The van der Waals surface area contributed by atoms with Crippen LogP contribution in [0.3, 0.4) is 0 Å². The minimum Gasteiger partial charge on any atom is -0.496 e. The first-order valence-corrected chi connectivity index (χ1v) is 8.75. The van der Waals surface area contributed by atoms with Gasteiger partial charge in [0, 0.05) is 11.6 Å². The molecule has 0 heterocycles. The molecule has 3 aromatic rings. The van der Waals surface area contributed by atoms with Gasteiger partial charge in [0.05, 0.1) is 18.8 Å². The van der Waals surface area contributed by atoms with E-state index in [9.17, 15) is 9.90 Å². The molecule has 1 unspecified atom stereocenters. The molecular weight excluding hydrogens is 350 g/mol. The Morgan fingerprint density at radius 2 is 1.92 bits per heavy atom. The Bertz CT molecular complexity index is 921. The van der Waals surface area contributed by atoms with Crippen molar-refractivity contribution < 1.29 is 14.6 Å². The highest BCUT2D eigenvalue weighted by atomic mass is 35.5. The van der Waals surface area contributed by atoms with Gasteiger partial charge in [-0.05, 0) is 41.0 Å². The fourth-order valence-corrected chi connectivity index (χ4v) is 3.14. The van der Waals surface area contributed by atoms with Gasteiger partial charge in [0.15, 0.2) is 0 Å². The summed E-state index contributed by atoms with van der Waals surface area (Å²) in [6, 6.07) is 18.7. The van der Waals surface area contributed by atoms with Crippen molar-refractivity contribution in [2.24, 2.45) is 0 Å². The van der Waals surface area contributed by atoms with Gasteiger partial charge in [-0.25, -0.2) is 0 Å². The maximum absolute atomic E-state index is 12.4. The third-order valence-corrected chi connectivity index (χ3v) is 4.53. The minimum absolute atomic E-state index is 0.283. The Morgan fingerprint density at radius 3 is 2.73 bits per heavy atom. The van der Waals surface area contributed by atoms with Crippen molar-refractivity contribution in [3.05, 3.63) is 76.8 Å². The lowest BCUT2D eigenvalue weighted by atomic mass is 9.99. The summed E-state index contributed by atoms with van der Waals surface area (Å²) in [5.74, 6) is 0.177. The third kappa shape index (κ3) is 3.98. The lowest BCUT2D eigenvalue weighted by Gasteiger charge is -2.15. The first kappa shape index (κ1) is 18.2. The average Bonchev–Trinajstić information content (AvgIpc) is 2.67. The van der Waals surface area contributed by atoms with Crippen molar-refractivity contribution >= 4 is 28.3 Å². The molecule has 0 fully saturated rings. The molecule has 3 rings (SSSR count). The summed E-state index contributed by atoms with van der Waals surface area (Å²) < 4.78 is 5.20. The van der Waals surface area contributed by atoms with Gasteiger partial charge in [0.2, 0.25) is 0 Å². The number of benzene rings is 3. The Morgan fingerprint density at radius 1 is 1.15 bits per heavy atom. The number of aliphatic hydroxyl groups excluding tert-OH is 1. The SMILES string of the molecule is COc1ccc(Cl)cc1C(=O)NCCC(O)c1cccc2ccccc12. The van der Waals surface area contributed by atoms with Crippen molar-refractivity contribution in [1.29, 1.82) is 0 Å². The van der Waals surface area contributed by atoms with Crippen LogP contribution in [0.5, 0.6) is 5.75 Å². The molecule has 134 valence electrons. The highest BCUT2D eigenvalue weighted by Crippen LogP contribution is 2.26. The van der Waals surface area contributed by atoms with Crippen LogP contribution < -0.4 is 10.1 Å². The van der Waals surface area contributed by atoms with Gasteiger partial charge < -0.3 is 15.2 Å². The zero-order valence-corrected chi connectivity index (χ0v) is 15.2. The van der Waals surface area contributed by atoms with Crippen molar-refractivity contribution in [2.45, 2.75) is 12.5 Å². The average molecular weight is 370 g/mol. The molecule has 1 atom stereocenters. The molecular formula is C21H20ClNO3. The molecule has 0 aromatic heterocycles. The number of carbonyl (C=O) groups excluding carboxylic acids is 1. The minimum atomic E-state index is -0.664. The van der Waals surface area contributed by atoms with Crippen LogP contribution in [0, 0.1) is 0 Å². The number of nitrogens with one attached hydrogen (secondary N) is 1. The van der Waals surface area contributed by atoms with Crippen LogP contribution in [-0.4, -0.2) is 24.7 Å². The Kier molecular flexibility index (Phi) is 5.76. The van der Waals surface area contributed by atoms with Crippen LogP contribution in [0.1, 0.15) is 28.4 Å². The number of ether oxygens (including phenoxy) is 1. The number of hydrogen-bond acceptors (Lipinski definition) is 3. The fraction of sp³-hybridized carbons (Fsp3) is 0.190. The monoisotopic (exact) mass is 369 g/mol. The smallest absolute Gasteiger partial charge is 0.255 e. The number of aliphatic hydroxyl groups is 1. The van der Waals surface area contributed by atoms with Crippen LogP contribution >= 0.6 is 11.6 Å². The number of halogens is 1. The van der Waals surface area contributed by atoms with E-state index >= 15 is 0 Å². The number of rotatable bonds is 6. The zero-order chi connectivity index (χ0) is 18.5. The highest BCUT2D eigenvalue weighted by Gasteiger charge is 2.15. The molecule has 0 bridgehead atoms. The fourth-order valence-electron chi connectivity index (χ4n) is 2.97. The predicted molar refractivity (Wildman–Crippen MR) is 104 cm³/mol. The van der Waals surface area contributed by atoms with Crippen molar-refractivity contribution in [2.75, 3.05) is 13.7 Å². The lowest BCUT2D eigenvalue weighted by molar-refractivity contribution is 0.0940. The summed E-state index contributed by atoms with van der Waals surface area (Å²) >= 11 is 5.96. The van der Waals surface area contributed by atoms with E-state index in [1.54, 1.807) is 18.2 Å². The van der Waals surface area contributed by atoms with Gasteiger partial charge >= 0.3 is 0 Å². The van der Waals surface area contributed by atoms with E-state index in [4.69, 9.17) is 16.3 Å². The summed E-state index contributed by atoms with van der Waals surface area (Å²) in [6.07, 6.45) is -0.259. The van der Waals surface area contributed by atoms with E-state index in [1.807, 2.05) is 42.5 Å². The van der Waals surface area contributed by atoms with E-state index in [2.05, 4.69) is 5.32 Å². The molecule has 3 aromatic carbocycles. The molecule has 2 N–H and O–H groups in total. The zero-order valence-electron chi connectivity index (χ0n) is 14.4. The van der Waals surface area contributed by atoms with E-state index in [0.717, 1.165) is 16.3 Å². The largest absolute Gasteiger partial charge is 0.496 e. The molecule has 0 radical (unpaired) electrons. The Hall–Kier alpha value is -2.56. The van der Waals surface area contributed by atoms with E-state index in [1.165, 1.54) is 7.11 Å². The normalized spacial score (nSPS) is 12.0. The van der Waals surface area contributed by atoms with Gasteiger partial charge in [-0.15, -0.1) is 0 Å². The van der Waals surface area contributed by atoms with Gasteiger partial charge in [0.25, 0.3) is 5.91 Å². The Labute approximate surface area is 157 Å². The van der Waals surface area contributed by atoms with Gasteiger partial charge in [0.1, 0.15) is 5.75 Å². The second-order valence-corrected chi connectivity index (χ2v) is 6.41. The second kappa shape index (κ2) is 8.21.